The van der Waals surface area contributed by atoms with Crippen LogP contribution in [0.15, 0.2) is 15.7 Å². The van der Waals surface area contributed by atoms with Gasteiger partial charge in [-0.05, 0) is 25.7 Å². The molecule has 0 saturated heterocycles. The first-order valence-corrected chi connectivity index (χ1v) is 7.18. The van der Waals surface area contributed by atoms with E-state index in [2.05, 4.69) is 5.32 Å². The van der Waals surface area contributed by atoms with E-state index in [4.69, 9.17) is 5.73 Å². The van der Waals surface area contributed by atoms with Crippen molar-refractivity contribution < 1.29 is 4.79 Å². The molecule has 3 N–H and O–H groups in total. The van der Waals surface area contributed by atoms with Crippen LogP contribution in [0.3, 0.4) is 0 Å². The molecule has 0 aliphatic heterocycles. The molecule has 116 valence electrons. The Labute approximate surface area is 122 Å². The quantitative estimate of drug-likeness (QED) is 0.761. The van der Waals surface area contributed by atoms with E-state index in [-0.39, 0.29) is 23.1 Å². The second kappa shape index (κ2) is 6.26. The van der Waals surface area contributed by atoms with Crippen LogP contribution in [0.2, 0.25) is 0 Å². The first-order valence-electron chi connectivity index (χ1n) is 7.18. The summed E-state index contributed by atoms with van der Waals surface area (Å²) in [4.78, 5) is 34.6. The third kappa shape index (κ3) is 3.41. The first-order chi connectivity index (χ1) is 9.90. The van der Waals surface area contributed by atoms with Crippen LogP contribution in [-0.2, 0) is 25.4 Å². The molecule has 1 heterocycles. The second-order valence-corrected chi connectivity index (χ2v) is 5.71. The first kappa shape index (κ1) is 15.5. The third-order valence-corrected chi connectivity index (χ3v) is 4.33. The molecular weight excluding hydrogens is 272 g/mol. The molecule has 1 aliphatic carbocycles. The van der Waals surface area contributed by atoms with Crippen LogP contribution in [0.1, 0.15) is 31.4 Å². The number of rotatable bonds is 4. The van der Waals surface area contributed by atoms with Gasteiger partial charge >= 0.3 is 5.69 Å². The maximum Gasteiger partial charge on any atom is 0.330 e. The molecule has 1 amide bonds. The van der Waals surface area contributed by atoms with E-state index in [1.165, 1.54) is 17.7 Å². The Balaban J connectivity index is 1.97. The summed E-state index contributed by atoms with van der Waals surface area (Å²) in [5, 5.41) is 3.35. The predicted molar refractivity (Wildman–Crippen MR) is 78.7 cm³/mol. The fourth-order valence-corrected chi connectivity index (χ4v) is 2.78. The Bertz CT molecular complexity index is 639. The number of aromatic nitrogens is 2. The van der Waals surface area contributed by atoms with E-state index >= 15 is 0 Å². The number of carbonyl (C=O) groups excluding carboxylic acids is 1. The minimum absolute atomic E-state index is 0.0172. The number of nitrogens with one attached hydrogen (secondary N) is 1. The van der Waals surface area contributed by atoms with E-state index < -0.39 is 0 Å². The van der Waals surface area contributed by atoms with E-state index in [0.717, 1.165) is 30.3 Å². The molecule has 1 fully saturated rings. The minimum atomic E-state index is -0.322. The molecule has 1 aromatic heterocycles. The van der Waals surface area contributed by atoms with Crippen LogP contribution >= 0.6 is 0 Å². The maximum atomic E-state index is 11.8. The van der Waals surface area contributed by atoms with Crippen molar-refractivity contribution in [2.45, 2.75) is 38.3 Å². The lowest BCUT2D eigenvalue weighted by molar-refractivity contribution is -0.122. The highest BCUT2D eigenvalue weighted by atomic mass is 16.2. The van der Waals surface area contributed by atoms with E-state index in [0.29, 0.717) is 18.3 Å². The number of primary amides is 1. The third-order valence-electron chi connectivity index (χ3n) is 4.33. The number of nitrogens with zero attached hydrogens (tertiary/aromatic N) is 2. The highest BCUT2D eigenvalue weighted by molar-refractivity contribution is 5.76. The van der Waals surface area contributed by atoms with Crippen LogP contribution in [0.25, 0.3) is 0 Å². The van der Waals surface area contributed by atoms with Gasteiger partial charge in [0, 0.05) is 44.4 Å². The number of amides is 1. The standard InChI is InChI=1S/C14H22N4O3/c1-17-11(7-12(19)18(2)14(17)21)8-16-10-5-3-9(4-6-10)13(15)20/h7,9-10,16H,3-6,8H2,1-2H3,(H2,15,20). The molecule has 7 nitrogen and oxygen atoms in total. The summed E-state index contributed by atoms with van der Waals surface area (Å²) >= 11 is 0. The molecule has 21 heavy (non-hydrogen) atoms. The normalized spacial score (nSPS) is 22.2. The second-order valence-electron chi connectivity index (χ2n) is 5.71. The number of hydrogen-bond donors (Lipinski definition) is 2. The Morgan fingerprint density at radius 1 is 1.24 bits per heavy atom. The summed E-state index contributed by atoms with van der Waals surface area (Å²) in [5.41, 5.74) is 5.36. The average Bonchev–Trinajstić information content (AvgIpc) is 2.48. The van der Waals surface area contributed by atoms with Crippen molar-refractivity contribution in [2.24, 2.45) is 25.7 Å². The smallest absolute Gasteiger partial charge is 0.330 e. The molecule has 0 atom stereocenters. The van der Waals surface area contributed by atoms with Crippen molar-refractivity contribution in [1.82, 2.24) is 14.5 Å². The van der Waals surface area contributed by atoms with Gasteiger partial charge in [0.15, 0.2) is 0 Å². The minimum Gasteiger partial charge on any atom is -0.369 e. The zero-order chi connectivity index (χ0) is 15.6. The van der Waals surface area contributed by atoms with Gasteiger partial charge in [-0.3, -0.25) is 18.7 Å². The van der Waals surface area contributed by atoms with Crippen LogP contribution in [-0.4, -0.2) is 21.1 Å². The molecule has 1 aromatic rings. The van der Waals surface area contributed by atoms with Crippen LogP contribution in [0.5, 0.6) is 0 Å². The van der Waals surface area contributed by atoms with Crippen LogP contribution < -0.4 is 22.3 Å². The predicted octanol–water partition coefficient (Wildman–Crippen LogP) is -0.782. The van der Waals surface area contributed by atoms with Gasteiger partial charge in [0.25, 0.3) is 5.56 Å². The largest absolute Gasteiger partial charge is 0.369 e. The Morgan fingerprint density at radius 3 is 2.43 bits per heavy atom. The van der Waals surface area contributed by atoms with Crippen molar-refractivity contribution in [2.75, 3.05) is 0 Å². The molecule has 0 spiro atoms. The molecule has 0 radical (unpaired) electrons. The average molecular weight is 294 g/mol. The molecule has 2 rings (SSSR count). The maximum absolute atomic E-state index is 11.8. The topological polar surface area (TPSA) is 99.1 Å². The molecular formula is C14H22N4O3. The highest BCUT2D eigenvalue weighted by Gasteiger charge is 2.24. The summed E-state index contributed by atoms with van der Waals surface area (Å²) in [6, 6.07) is 1.77. The van der Waals surface area contributed by atoms with E-state index in [1.807, 2.05) is 0 Å². The SMILES string of the molecule is Cn1c(CNC2CCC(C(N)=O)CC2)cc(=O)n(C)c1=O. The van der Waals surface area contributed by atoms with Crippen LogP contribution in [0, 0.1) is 5.92 Å². The summed E-state index contributed by atoms with van der Waals surface area (Å²) in [5.74, 6) is -0.237. The zero-order valence-corrected chi connectivity index (χ0v) is 12.5. The van der Waals surface area contributed by atoms with Gasteiger partial charge in [0.1, 0.15) is 0 Å². The summed E-state index contributed by atoms with van der Waals surface area (Å²) in [6.07, 6.45) is 3.35. The number of nitrogens with two attached hydrogens (primary N) is 1. The van der Waals surface area contributed by atoms with Gasteiger partial charge in [-0.15, -0.1) is 0 Å². The fourth-order valence-electron chi connectivity index (χ4n) is 2.78. The van der Waals surface area contributed by atoms with Gasteiger partial charge in [-0.2, -0.15) is 0 Å². The Kier molecular flexibility index (Phi) is 4.62. The number of hydrogen-bond acceptors (Lipinski definition) is 4. The Morgan fingerprint density at radius 2 is 1.86 bits per heavy atom. The molecule has 0 aromatic carbocycles. The molecule has 1 aliphatic rings. The fraction of sp³-hybridized carbons (Fsp3) is 0.643. The van der Waals surface area contributed by atoms with Crippen molar-refractivity contribution in [1.29, 1.82) is 0 Å². The lowest BCUT2D eigenvalue weighted by atomic mass is 9.85. The molecule has 0 unspecified atom stereocenters. The van der Waals surface area contributed by atoms with Crippen molar-refractivity contribution in [3.05, 3.63) is 32.6 Å². The summed E-state index contributed by atoms with van der Waals surface area (Å²) in [6.45, 7) is 0.466. The summed E-state index contributed by atoms with van der Waals surface area (Å²) < 4.78 is 2.56. The van der Waals surface area contributed by atoms with Crippen LogP contribution in [0.4, 0.5) is 0 Å². The van der Waals surface area contributed by atoms with Gasteiger partial charge < -0.3 is 11.1 Å². The van der Waals surface area contributed by atoms with Crippen molar-refractivity contribution in [3.63, 3.8) is 0 Å². The van der Waals surface area contributed by atoms with Gasteiger partial charge in [0.2, 0.25) is 5.91 Å². The molecule has 1 saturated carbocycles. The zero-order valence-electron chi connectivity index (χ0n) is 12.5. The van der Waals surface area contributed by atoms with Gasteiger partial charge in [-0.1, -0.05) is 0 Å². The van der Waals surface area contributed by atoms with Crippen molar-refractivity contribution >= 4 is 5.91 Å². The molecule has 7 heteroatoms. The number of carbonyl (C=O) groups is 1. The Hall–Kier alpha value is -1.89. The van der Waals surface area contributed by atoms with Gasteiger partial charge in [0.05, 0.1) is 0 Å². The van der Waals surface area contributed by atoms with Gasteiger partial charge in [-0.25, -0.2) is 4.79 Å². The summed E-state index contributed by atoms with van der Waals surface area (Å²) in [7, 11) is 3.12. The monoisotopic (exact) mass is 294 g/mol. The lowest BCUT2D eigenvalue weighted by Gasteiger charge is -2.27. The van der Waals surface area contributed by atoms with Crippen molar-refractivity contribution in [3.8, 4) is 0 Å². The van der Waals surface area contributed by atoms with E-state index in [9.17, 15) is 14.4 Å². The molecule has 0 bridgehead atoms. The van der Waals surface area contributed by atoms with E-state index in [1.54, 1.807) is 7.05 Å². The lowest BCUT2D eigenvalue weighted by Crippen LogP contribution is -2.41. The highest BCUT2D eigenvalue weighted by Crippen LogP contribution is 2.23.